The van der Waals surface area contributed by atoms with E-state index in [9.17, 15) is 15.3 Å². The molecule has 0 aliphatic heterocycles. The minimum atomic E-state index is -1.19. The van der Waals surface area contributed by atoms with E-state index in [1.807, 2.05) is 55.5 Å². The number of hydrogen-bond donors (Lipinski definition) is 4. The summed E-state index contributed by atoms with van der Waals surface area (Å²) in [4.78, 5) is 0. The second-order valence-corrected chi connectivity index (χ2v) is 7.39. The van der Waals surface area contributed by atoms with Crippen molar-refractivity contribution in [1.82, 2.24) is 5.32 Å². The lowest BCUT2D eigenvalue weighted by atomic mass is 9.94. The van der Waals surface area contributed by atoms with Crippen LogP contribution in [-0.2, 0) is 21.8 Å². The number of methoxy groups -OCH3 is 2. The van der Waals surface area contributed by atoms with Crippen molar-refractivity contribution >= 4 is 0 Å². The number of nitrogens with one attached hydrogen (secondary N) is 1. The maximum absolute atomic E-state index is 10.0. The summed E-state index contributed by atoms with van der Waals surface area (Å²) in [7, 11) is 3.20. The van der Waals surface area contributed by atoms with Crippen LogP contribution in [0.1, 0.15) is 18.1 Å². The monoisotopic (exact) mass is 415 g/mol. The van der Waals surface area contributed by atoms with Crippen LogP contribution in [-0.4, -0.2) is 53.9 Å². The molecule has 0 saturated carbocycles. The van der Waals surface area contributed by atoms with Gasteiger partial charge in [-0.3, -0.25) is 0 Å². The van der Waals surface area contributed by atoms with Crippen LogP contribution in [0.2, 0.25) is 0 Å². The minimum Gasteiger partial charge on any atom is -0.457 e. The number of ether oxygens (including phenoxy) is 3. The number of aliphatic hydroxyl groups excluding tert-OH is 3. The molecule has 0 fully saturated rings. The Hall–Kier alpha value is -2.26. The number of rotatable bonds is 8. The zero-order valence-electron chi connectivity index (χ0n) is 17.4. The van der Waals surface area contributed by atoms with E-state index in [1.165, 1.54) is 6.08 Å². The topological polar surface area (TPSA) is 100 Å². The molecular weight excluding hydrogens is 386 g/mol. The highest BCUT2D eigenvalue weighted by molar-refractivity contribution is 5.35. The first-order valence-corrected chi connectivity index (χ1v) is 9.80. The second-order valence-electron chi connectivity index (χ2n) is 7.39. The average molecular weight is 415 g/mol. The van der Waals surface area contributed by atoms with Crippen molar-refractivity contribution in [1.29, 1.82) is 0 Å². The first-order valence-electron chi connectivity index (χ1n) is 9.80. The number of benzene rings is 2. The molecule has 162 valence electrons. The van der Waals surface area contributed by atoms with Crippen molar-refractivity contribution in [3.05, 3.63) is 71.8 Å². The summed E-state index contributed by atoms with van der Waals surface area (Å²) >= 11 is 0. The van der Waals surface area contributed by atoms with E-state index in [-0.39, 0.29) is 0 Å². The Bertz CT molecular complexity index is 832. The summed E-state index contributed by atoms with van der Waals surface area (Å²) in [5.74, 6) is 0.591. The van der Waals surface area contributed by atoms with E-state index in [2.05, 4.69) is 5.32 Å². The zero-order chi connectivity index (χ0) is 21.7. The second kappa shape index (κ2) is 9.70. The summed E-state index contributed by atoms with van der Waals surface area (Å²) in [5.41, 5.74) is 1.88. The summed E-state index contributed by atoms with van der Waals surface area (Å²) in [6.07, 6.45) is -0.143. The van der Waals surface area contributed by atoms with E-state index in [0.29, 0.717) is 18.0 Å². The Morgan fingerprint density at radius 3 is 1.97 bits per heavy atom. The molecule has 0 aromatic heterocycles. The third kappa shape index (κ3) is 5.07. The van der Waals surface area contributed by atoms with Gasteiger partial charge in [0.1, 0.15) is 29.8 Å². The maximum Gasteiger partial charge on any atom is 0.191 e. The van der Waals surface area contributed by atoms with Gasteiger partial charge >= 0.3 is 0 Å². The van der Waals surface area contributed by atoms with Crippen LogP contribution in [0.4, 0.5) is 0 Å². The largest absolute Gasteiger partial charge is 0.457 e. The Morgan fingerprint density at radius 1 is 0.833 bits per heavy atom. The predicted octanol–water partition coefficient (Wildman–Crippen LogP) is 2.06. The standard InChI is InChI=1S/C23H29NO6/c1-23(28-2,29-3)16-6-10-18(11-7-16)30-17-8-4-15(5-9-17)14-24-19-12-13-20(25)22(27)21(19)26/h4-13,19-22,24-27H,14H2,1-3H3/t19-,20-,21+,22+/m1/s1. The summed E-state index contributed by atoms with van der Waals surface area (Å²) < 4.78 is 16.7. The van der Waals surface area contributed by atoms with Gasteiger partial charge in [0.15, 0.2) is 5.79 Å². The van der Waals surface area contributed by atoms with Gasteiger partial charge < -0.3 is 34.8 Å². The Balaban J connectivity index is 1.57. The SMILES string of the molecule is COC(C)(OC)c1ccc(Oc2ccc(CN[C@@H]3C=C[C@@H](O)[C@H](O)[C@H]3O)cc2)cc1. The van der Waals surface area contributed by atoms with Crippen molar-refractivity contribution in [3.8, 4) is 11.5 Å². The molecule has 3 rings (SSSR count). The summed E-state index contributed by atoms with van der Waals surface area (Å²) in [6, 6.07) is 14.7. The third-order valence-electron chi connectivity index (χ3n) is 5.44. The van der Waals surface area contributed by atoms with Gasteiger partial charge in [0.05, 0.1) is 6.04 Å². The fourth-order valence-electron chi connectivity index (χ4n) is 3.26. The van der Waals surface area contributed by atoms with Gasteiger partial charge in [-0.2, -0.15) is 0 Å². The van der Waals surface area contributed by atoms with Gasteiger partial charge in [-0.05, 0) is 48.9 Å². The molecule has 0 heterocycles. The lowest BCUT2D eigenvalue weighted by molar-refractivity contribution is -0.201. The lowest BCUT2D eigenvalue weighted by Crippen LogP contribution is -2.51. The minimum absolute atomic E-state index is 0.428. The van der Waals surface area contributed by atoms with E-state index < -0.39 is 30.1 Å². The fourth-order valence-corrected chi connectivity index (χ4v) is 3.26. The van der Waals surface area contributed by atoms with Crippen LogP contribution in [0.5, 0.6) is 11.5 Å². The highest BCUT2D eigenvalue weighted by atomic mass is 16.7. The molecule has 1 aliphatic carbocycles. The van der Waals surface area contributed by atoms with Gasteiger partial charge in [-0.15, -0.1) is 0 Å². The number of hydrogen-bond acceptors (Lipinski definition) is 7. The van der Waals surface area contributed by atoms with Gasteiger partial charge in [0.25, 0.3) is 0 Å². The molecule has 7 nitrogen and oxygen atoms in total. The molecule has 7 heteroatoms. The molecular formula is C23H29NO6. The van der Waals surface area contributed by atoms with Crippen LogP contribution >= 0.6 is 0 Å². The van der Waals surface area contributed by atoms with Crippen LogP contribution in [0.15, 0.2) is 60.7 Å². The van der Waals surface area contributed by atoms with Crippen molar-refractivity contribution in [2.45, 2.75) is 43.6 Å². The molecule has 0 saturated heterocycles. The summed E-state index contributed by atoms with van der Waals surface area (Å²) in [5, 5.41) is 32.5. The molecule has 2 aromatic carbocycles. The highest BCUT2D eigenvalue weighted by Crippen LogP contribution is 2.29. The summed E-state index contributed by atoms with van der Waals surface area (Å²) in [6.45, 7) is 2.34. The normalized spacial score (nSPS) is 24.1. The van der Waals surface area contributed by atoms with Crippen molar-refractivity contribution in [3.63, 3.8) is 0 Å². The maximum atomic E-state index is 10.0. The van der Waals surface area contributed by atoms with Crippen LogP contribution in [0.3, 0.4) is 0 Å². The molecule has 0 amide bonds. The van der Waals surface area contributed by atoms with E-state index in [0.717, 1.165) is 11.1 Å². The quantitative estimate of drug-likeness (QED) is 0.387. The number of aliphatic hydroxyl groups is 3. The van der Waals surface area contributed by atoms with Crippen molar-refractivity contribution < 1.29 is 29.5 Å². The third-order valence-corrected chi connectivity index (χ3v) is 5.44. The molecule has 0 unspecified atom stereocenters. The van der Waals surface area contributed by atoms with Crippen LogP contribution in [0, 0.1) is 0 Å². The molecule has 1 aliphatic rings. The first kappa shape index (κ1) is 22.4. The van der Waals surface area contributed by atoms with Crippen LogP contribution in [0.25, 0.3) is 0 Å². The average Bonchev–Trinajstić information content (AvgIpc) is 2.78. The first-order chi connectivity index (χ1) is 14.4. The highest BCUT2D eigenvalue weighted by Gasteiger charge is 2.32. The van der Waals surface area contributed by atoms with Crippen LogP contribution < -0.4 is 10.1 Å². The Labute approximate surface area is 176 Å². The smallest absolute Gasteiger partial charge is 0.191 e. The van der Waals surface area contributed by atoms with Gasteiger partial charge in [0.2, 0.25) is 0 Å². The molecule has 0 bridgehead atoms. The predicted molar refractivity (Wildman–Crippen MR) is 112 cm³/mol. The van der Waals surface area contributed by atoms with E-state index in [4.69, 9.17) is 14.2 Å². The molecule has 30 heavy (non-hydrogen) atoms. The molecule has 0 radical (unpaired) electrons. The molecule has 4 N–H and O–H groups in total. The fraction of sp³-hybridized carbons (Fsp3) is 0.391. The van der Waals surface area contributed by atoms with Gasteiger partial charge in [-0.25, -0.2) is 0 Å². The molecule has 4 atom stereocenters. The van der Waals surface area contributed by atoms with Crippen molar-refractivity contribution in [2.75, 3.05) is 14.2 Å². The van der Waals surface area contributed by atoms with E-state index >= 15 is 0 Å². The lowest BCUT2D eigenvalue weighted by Gasteiger charge is -2.31. The Kier molecular flexibility index (Phi) is 7.25. The van der Waals surface area contributed by atoms with Gasteiger partial charge in [-0.1, -0.05) is 24.3 Å². The Morgan fingerprint density at radius 2 is 1.40 bits per heavy atom. The zero-order valence-corrected chi connectivity index (χ0v) is 17.4. The molecule has 2 aromatic rings. The van der Waals surface area contributed by atoms with Gasteiger partial charge in [0, 0.05) is 26.3 Å². The van der Waals surface area contributed by atoms with E-state index in [1.54, 1.807) is 20.3 Å². The van der Waals surface area contributed by atoms with Crippen molar-refractivity contribution in [2.24, 2.45) is 0 Å². The molecule has 0 spiro atoms.